The van der Waals surface area contributed by atoms with E-state index in [0.29, 0.717) is 6.54 Å². The Balaban J connectivity index is 2.74. The van der Waals surface area contributed by atoms with E-state index in [1.54, 1.807) is 0 Å². The van der Waals surface area contributed by atoms with Gasteiger partial charge in [-0.05, 0) is 27.2 Å². The predicted octanol–water partition coefficient (Wildman–Crippen LogP) is 2.10. The topological polar surface area (TPSA) is 15.3 Å². The zero-order valence-corrected chi connectivity index (χ0v) is 10.1. The lowest BCUT2D eigenvalue weighted by Crippen LogP contribution is -2.67. The second-order valence-electron chi connectivity index (χ2n) is 5.36. The fraction of sp³-hybridized carbons (Fsp3) is 1.00. The highest BCUT2D eigenvalue weighted by atomic mass is 19.3. The molecule has 1 fully saturated rings. The molecule has 2 nitrogen and oxygen atoms in total. The van der Waals surface area contributed by atoms with Gasteiger partial charge in [0.25, 0.3) is 6.43 Å². The summed E-state index contributed by atoms with van der Waals surface area (Å²) in [6.45, 7) is 9.57. The molecule has 0 saturated carbocycles. The van der Waals surface area contributed by atoms with Crippen LogP contribution in [-0.2, 0) is 0 Å². The fourth-order valence-corrected chi connectivity index (χ4v) is 2.07. The predicted molar refractivity (Wildman–Crippen MR) is 58.4 cm³/mol. The Morgan fingerprint density at radius 2 is 1.93 bits per heavy atom. The van der Waals surface area contributed by atoms with Crippen molar-refractivity contribution in [1.82, 2.24) is 10.2 Å². The molecule has 1 rings (SSSR count). The molecule has 1 saturated heterocycles. The van der Waals surface area contributed by atoms with E-state index in [-0.39, 0.29) is 17.6 Å². The summed E-state index contributed by atoms with van der Waals surface area (Å²) in [4.78, 5) is 1.92. The summed E-state index contributed by atoms with van der Waals surface area (Å²) in [6, 6.07) is 0. The summed E-state index contributed by atoms with van der Waals surface area (Å²) >= 11 is 0. The Kier molecular flexibility index (Phi) is 3.71. The highest BCUT2D eigenvalue weighted by Crippen LogP contribution is 2.27. The monoisotopic (exact) mass is 220 g/mol. The normalized spacial score (nSPS) is 32.2. The summed E-state index contributed by atoms with van der Waals surface area (Å²) in [5, 5.41) is 3.42. The van der Waals surface area contributed by atoms with Crippen molar-refractivity contribution in [3.63, 3.8) is 0 Å². The van der Waals surface area contributed by atoms with Crippen LogP contribution < -0.4 is 5.32 Å². The Hall–Kier alpha value is -0.220. The van der Waals surface area contributed by atoms with Crippen LogP contribution >= 0.6 is 0 Å². The third-order valence-electron chi connectivity index (χ3n) is 3.42. The Morgan fingerprint density at radius 1 is 1.33 bits per heavy atom. The van der Waals surface area contributed by atoms with E-state index < -0.39 is 6.43 Å². The SMILES string of the molecule is CCC1(C)CNC(C)(C)CN1CC(F)F. The van der Waals surface area contributed by atoms with Crippen molar-refractivity contribution < 1.29 is 8.78 Å². The maximum atomic E-state index is 12.5. The first-order chi connectivity index (χ1) is 6.79. The summed E-state index contributed by atoms with van der Waals surface area (Å²) in [7, 11) is 0. The first-order valence-corrected chi connectivity index (χ1v) is 5.57. The van der Waals surface area contributed by atoms with Gasteiger partial charge in [-0.25, -0.2) is 8.78 Å². The largest absolute Gasteiger partial charge is 0.309 e. The summed E-state index contributed by atoms with van der Waals surface area (Å²) in [6.07, 6.45) is -1.35. The minimum absolute atomic E-state index is 0.0659. The highest BCUT2D eigenvalue weighted by Gasteiger charge is 2.40. The number of halogens is 2. The van der Waals surface area contributed by atoms with Gasteiger partial charge in [0, 0.05) is 24.2 Å². The zero-order chi connectivity index (χ0) is 11.7. The number of hydrogen-bond acceptors (Lipinski definition) is 2. The fourth-order valence-electron chi connectivity index (χ4n) is 2.07. The summed E-state index contributed by atoms with van der Waals surface area (Å²) in [5.41, 5.74) is -0.199. The van der Waals surface area contributed by atoms with Crippen LogP contribution in [0.25, 0.3) is 0 Å². The van der Waals surface area contributed by atoms with Gasteiger partial charge in [0.1, 0.15) is 0 Å². The van der Waals surface area contributed by atoms with E-state index in [1.165, 1.54) is 0 Å². The van der Waals surface area contributed by atoms with E-state index in [1.807, 2.05) is 4.90 Å². The minimum Gasteiger partial charge on any atom is -0.309 e. The molecule has 0 spiro atoms. The third kappa shape index (κ3) is 3.11. The molecule has 1 atom stereocenters. The van der Waals surface area contributed by atoms with Gasteiger partial charge in [-0.2, -0.15) is 0 Å². The molecule has 1 aliphatic heterocycles. The molecule has 0 aliphatic carbocycles. The maximum absolute atomic E-state index is 12.5. The van der Waals surface area contributed by atoms with Gasteiger partial charge < -0.3 is 5.32 Å². The summed E-state index contributed by atoms with van der Waals surface area (Å²) in [5.74, 6) is 0. The molecule has 15 heavy (non-hydrogen) atoms. The van der Waals surface area contributed by atoms with Crippen molar-refractivity contribution in [3.05, 3.63) is 0 Å². The molecule has 0 aromatic rings. The van der Waals surface area contributed by atoms with Gasteiger partial charge in [-0.1, -0.05) is 6.92 Å². The van der Waals surface area contributed by atoms with Gasteiger partial charge in [0.15, 0.2) is 0 Å². The van der Waals surface area contributed by atoms with Gasteiger partial charge in [0.05, 0.1) is 6.54 Å². The van der Waals surface area contributed by atoms with Crippen molar-refractivity contribution in [2.75, 3.05) is 19.6 Å². The van der Waals surface area contributed by atoms with Crippen LogP contribution in [0, 0.1) is 0 Å². The zero-order valence-electron chi connectivity index (χ0n) is 10.1. The van der Waals surface area contributed by atoms with Crippen LogP contribution in [-0.4, -0.2) is 42.0 Å². The number of piperazine rings is 1. The number of nitrogens with zero attached hydrogens (tertiary/aromatic N) is 1. The van der Waals surface area contributed by atoms with Crippen LogP contribution in [0.15, 0.2) is 0 Å². The van der Waals surface area contributed by atoms with E-state index in [0.717, 1.165) is 13.0 Å². The summed E-state index contributed by atoms with van der Waals surface area (Å²) < 4.78 is 25.0. The lowest BCUT2D eigenvalue weighted by atomic mass is 9.88. The van der Waals surface area contributed by atoms with E-state index in [2.05, 4.69) is 33.0 Å². The van der Waals surface area contributed by atoms with Crippen LogP contribution in [0.4, 0.5) is 8.78 Å². The molecular formula is C11H22F2N2. The Bertz CT molecular complexity index is 219. The van der Waals surface area contributed by atoms with Crippen LogP contribution in [0.5, 0.6) is 0 Å². The van der Waals surface area contributed by atoms with Crippen molar-refractivity contribution in [1.29, 1.82) is 0 Å². The smallest absolute Gasteiger partial charge is 0.251 e. The van der Waals surface area contributed by atoms with Gasteiger partial charge in [-0.3, -0.25) is 4.90 Å². The van der Waals surface area contributed by atoms with E-state index in [9.17, 15) is 8.78 Å². The first kappa shape index (κ1) is 12.8. The average molecular weight is 220 g/mol. The quantitative estimate of drug-likeness (QED) is 0.783. The molecule has 0 aromatic carbocycles. The van der Waals surface area contributed by atoms with Crippen LogP contribution in [0.3, 0.4) is 0 Å². The molecule has 4 heteroatoms. The third-order valence-corrected chi connectivity index (χ3v) is 3.42. The molecule has 0 amide bonds. The lowest BCUT2D eigenvalue weighted by molar-refractivity contribution is -0.0189. The number of rotatable bonds is 3. The molecule has 90 valence electrons. The van der Waals surface area contributed by atoms with E-state index >= 15 is 0 Å². The molecule has 0 radical (unpaired) electrons. The maximum Gasteiger partial charge on any atom is 0.251 e. The highest BCUT2D eigenvalue weighted by molar-refractivity contribution is 4.99. The van der Waals surface area contributed by atoms with Crippen molar-refractivity contribution >= 4 is 0 Å². The van der Waals surface area contributed by atoms with E-state index in [4.69, 9.17) is 0 Å². The van der Waals surface area contributed by atoms with Crippen molar-refractivity contribution in [3.8, 4) is 0 Å². The van der Waals surface area contributed by atoms with Gasteiger partial charge in [0.2, 0.25) is 0 Å². The van der Waals surface area contributed by atoms with Crippen molar-refractivity contribution in [2.24, 2.45) is 0 Å². The molecule has 0 bridgehead atoms. The number of nitrogens with one attached hydrogen (secondary N) is 1. The van der Waals surface area contributed by atoms with Gasteiger partial charge in [-0.15, -0.1) is 0 Å². The number of alkyl halides is 2. The van der Waals surface area contributed by atoms with Gasteiger partial charge >= 0.3 is 0 Å². The number of hydrogen-bond donors (Lipinski definition) is 1. The molecular weight excluding hydrogens is 198 g/mol. The molecule has 1 heterocycles. The first-order valence-electron chi connectivity index (χ1n) is 5.57. The second kappa shape index (κ2) is 4.34. The Morgan fingerprint density at radius 3 is 2.40 bits per heavy atom. The lowest BCUT2D eigenvalue weighted by Gasteiger charge is -2.51. The Labute approximate surface area is 91.0 Å². The average Bonchev–Trinajstić information content (AvgIpc) is 2.11. The minimum atomic E-state index is -2.25. The van der Waals surface area contributed by atoms with Crippen LogP contribution in [0.2, 0.25) is 0 Å². The second-order valence-corrected chi connectivity index (χ2v) is 5.36. The standard InChI is InChI=1S/C11H22F2N2/c1-5-11(4)7-14-10(2,3)8-15(11)6-9(12)13/h9,14H,5-8H2,1-4H3. The van der Waals surface area contributed by atoms with Crippen molar-refractivity contribution in [2.45, 2.75) is 51.6 Å². The van der Waals surface area contributed by atoms with Crippen LogP contribution in [0.1, 0.15) is 34.1 Å². The molecule has 1 aliphatic rings. The molecule has 0 aromatic heterocycles. The molecule has 1 unspecified atom stereocenters. The molecule has 1 N–H and O–H groups in total.